The second-order valence-corrected chi connectivity index (χ2v) is 4.40. The maximum atomic E-state index is 12.3. The lowest BCUT2D eigenvalue weighted by Gasteiger charge is -2.17. The number of rotatable bonds is 2. The number of hydrogen-bond donors (Lipinski definition) is 1. The van der Waals surface area contributed by atoms with Gasteiger partial charge < -0.3 is 14.7 Å². The molecule has 1 atom stereocenters. The summed E-state index contributed by atoms with van der Waals surface area (Å²) in [5.41, 5.74) is 1.59. The van der Waals surface area contributed by atoms with E-state index in [2.05, 4.69) is 0 Å². The zero-order chi connectivity index (χ0) is 12.4. The van der Waals surface area contributed by atoms with Gasteiger partial charge in [0.1, 0.15) is 5.75 Å². The van der Waals surface area contributed by atoms with Gasteiger partial charge in [-0.05, 0) is 25.5 Å². The summed E-state index contributed by atoms with van der Waals surface area (Å²) in [6, 6.07) is 5.54. The van der Waals surface area contributed by atoms with Gasteiger partial charge in [0.05, 0.1) is 18.8 Å². The lowest BCUT2D eigenvalue weighted by Crippen LogP contribution is -2.29. The fraction of sp³-hybridized carbons (Fsp3) is 0.462. The van der Waals surface area contributed by atoms with Crippen LogP contribution < -0.4 is 4.74 Å². The van der Waals surface area contributed by atoms with Crippen molar-refractivity contribution in [2.45, 2.75) is 19.4 Å². The predicted octanol–water partition coefficient (Wildman–Crippen LogP) is 1.21. The minimum Gasteiger partial charge on any atom is -0.496 e. The molecule has 17 heavy (non-hydrogen) atoms. The third kappa shape index (κ3) is 2.42. The Morgan fingerprint density at radius 2 is 2.29 bits per heavy atom. The van der Waals surface area contributed by atoms with Gasteiger partial charge in [0.15, 0.2) is 0 Å². The molecule has 1 amide bonds. The molecule has 1 saturated heterocycles. The van der Waals surface area contributed by atoms with Gasteiger partial charge in [-0.15, -0.1) is 0 Å². The molecule has 1 aliphatic heterocycles. The number of hydrogen-bond acceptors (Lipinski definition) is 3. The van der Waals surface area contributed by atoms with E-state index in [1.54, 1.807) is 18.1 Å². The summed E-state index contributed by atoms with van der Waals surface area (Å²) in [6.07, 6.45) is 0.259. The number of amides is 1. The summed E-state index contributed by atoms with van der Waals surface area (Å²) in [4.78, 5) is 13.9. The van der Waals surface area contributed by atoms with Crippen LogP contribution in [0.3, 0.4) is 0 Å². The Kier molecular flexibility index (Phi) is 3.33. The molecule has 0 unspecified atom stereocenters. The van der Waals surface area contributed by atoms with Gasteiger partial charge in [0, 0.05) is 13.1 Å². The van der Waals surface area contributed by atoms with Crippen LogP contribution in [0.25, 0.3) is 0 Å². The number of aryl methyl sites for hydroxylation is 1. The van der Waals surface area contributed by atoms with Crippen molar-refractivity contribution in [3.63, 3.8) is 0 Å². The SMILES string of the molecule is COc1ccc(C)cc1C(=O)N1CC[C@H](O)C1. The molecule has 0 saturated carbocycles. The average Bonchev–Trinajstić information content (AvgIpc) is 2.75. The first kappa shape index (κ1) is 11.9. The zero-order valence-corrected chi connectivity index (χ0v) is 10.1. The van der Waals surface area contributed by atoms with Crippen LogP contribution in [0.4, 0.5) is 0 Å². The molecule has 4 nitrogen and oxygen atoms in total. The molecular formula is C13H17NO3. The number of carbonyl (C=O) groups excluding carboxylic acids is 1. The third-order valence-electron chi connectivity index (χ3n) is 3.04. The molecule has 0 aromatic heterocycles. The van der Waals surface area contributed by atoms with Gasteiger partial charge in [-0.2, -0.15) is 0 Å². The van der Waals surface area contributed by atoms with E-state index in [1.165, 1.54) is 0 Å². The van der Waals surface area contributed by atoms with Crippen LogP contribution in [0.1, 0.15) is 22.3 Å². The van der Waals surface area contributed by atoms with Gasteiger partial charge in [0.2, 0.25) is 0 Å². The van der Waals surface area contributed by atoms with Crippen molar-refractivity contribution in [2.24, 2.45) is 0 Å². The number of benzene rings is 1. The first-order valence-corrected chi connectivity index (χ1v) is 5.74. The fourth-order valence-corrected chi connectivity index (χ4v) is 2.09. The van der Waals surface area contributed by atoms with E-state index < -0.39 is 6.10 Å². The summed E-state index contributed by atoms with van der Waals surface area (Å²) in [5, 5.41) is 9.45. The molecule has 1 N–H and O–H groups in total. The Morgan fingerprint density at radius 1 is 1.53 bits per heavy atom. The predicted molar refractivity (Wildman–Crippen MR) is 64.3 cm³/mol. The summed E-state index contributed by atoms with van der Waals surface area (Å²) in [6.45, 7) is 2.96. The van der Waals surface area contributed by atoms with Crippen molar-refractivity contribution < 1.29 is 14.6 Å². The highest BCUT2D eigenvalue weighted by atomic mass is 16.5. The van der Waals surface area contributed by atoms with Crippen LogP contribution in [0.5, 0.6) is 5.75 Å². The number of β-amino-alcohol motifs (C(OH)–C–C–N with tert-alkyl or cyclic N) is 1. The van der Waals surface area contributed by atoms with E-state index in [4.69, 9.17) is 4.74 Å². The van der Waals surface area contributed by atoms with Crippen molar-refractivity contribution in [2.75, 3.05) is 20.2 Å². The average molecular weight is 235 g/mol. The highest BCUT2D eigenvalue weighted by molar-refractivity contribution is 5.97. The summed E-state index contributed by atoms with van der Waals surface area (Å²) >= 11 is 0. The number of aliphatic hydroxyl groups is 1. The quantitative estimate of drug-likeness (QED) is 0.838. The molecule has 2 rings (SSSR count). The van der Waals surface area contributed by atoms with Crippen molar-refractivity contribution in [3.05, 3.63) is 29.3 Å². The van der Waals surface area contributed by atoms with Gasteiger partial charge in [-0.1, -0.05) is 11.6 Å². The topological polar surface area (TPSA) is 49.8 Å². The highest BCUT2D eigenvalue weighted by Crippen LogP contribution is 2.23. The van der Waals surface area contributed by atoms with Crippen LogP contribution in [-0.4, -0.2) is 42.2 Å². The Bertz CT molecular complexity index is 431. The fourth-order valence-electron chi connectivity index (χ4n) is 2.09. The number of nitrogens with zero attached hydrogens (tertiary/aromatic N) is 1. The normalized spacial score (nSPS) is 19.5. The van der Waals surface area contributed by atoms with Gasteiger partial charge in [-0.25, -0.2) is 0 Å². The Labute approximate surface area is 101 Å². The molecule has 1 aromatic rings. The van der Waals surface area contributed by atoms with E-state index in [1.807, 2.05) is 19.1 Å². The molecular weight excluding hydrogens is 218 g/mol. The van der Waals surface area contributed by atoms with Crippen molar-refractivity contribution >= 4 is 5.91 Å². The first-order chi connectivity index (χ1) is 8.11. The van der Waals surface area contributed by atoms with Crippen LogP contribution >= 0.6 is 0 Å². The van der Waals surface area contributed by atoms with Crippen LogP contribution in [0, 0.1) is 6.92 Å². The van der Waals surface area contributed by atoms with Gasteiger partial charge in [0.25, 0.3) is 5.91 Å². The summed E-state index contributed by atoms with van der Waals surface area (Å²) in [5.74, 6) is 0.518. The minimum atomic E-state index is -0.394. The maximum absolute atomic E-state index is 12.3. The molecule has 1 fully saturated rings. The van der Waals surface area contributed by atoms with Gasteiger partial charge in [-0.3, -0.25) is 4.79 Å². The van der Waals surface area contributed by atoms with E-state index >= 15 is 0 Å². The van der Waals surface area contributed by atoms with Crippen LogP contribution in [-0.2, 0) is 0 Å². The summed E-state index contributed by atoms with van der Waals surface area (Å²) < 4.78 is 5.20. The molecule has 1 heterocycles. The Balaban J connectivity index is 2.26. The van der Waals surface area contributed by atoms with Crippen LogP contribution in [0.2, 0.25) is 0 Å². The van der Waals surface area contributed by atoms with E-state index in [9.17, 15) is 9.90 Å². The van der Waals surface area contributed by atoms with E-state index in [0.717, 1.165) is 5.56 Å². The number of methoxy groups -OCH3 is 1. The van der Waals surface area contributed by atoms with Crippen LogP contribution in [0.15, 0.2) is 18.2 Å². The van der Waals surface area contributed by atoms with Crippen molar-refractivity contribution in [3.8, 4) is 5.75 Å². The Morgan fingerprint density at radius 3 is 2.88 bits per heavy atom. The second-order valence-electron chi connectivity index (χ2n) is 4.40. The molecule has 0 aliphatic carbocycles. The van der Waals surface area contributed by atoms with Gasteiger partial charge >= 0.3 is 0 Å². The maximum Gasteiger partial charge on any atom is 0.257 e. The largest absolute Gasteiger partial charge is 0.496 e. The number of likely N-dealkylation sites (tertiary alicyclic amines) is 1. The molecule has 1 aliphatic rings. The second kappa shape index (κ2) is 4.75. The number of aliphatic hydroxyl groups excluding tert-OH is 1. The highest BCUT2D eigenvalue weighted by Gasteiger charge is 2.27. The number of ether oxygens (including phenoxy) is 1. The van der Waals surface area contributed by atoms with E-state index in [0.29, 0.717) is 30.8 Å². The standard InChI is InChI=1S/C13H17NO3/c1-9-3-4-12(17-2)11(7-9)13(16)14-6-5-10(15)8-14/h3-4,7,10,15H,5-6,8H2,1-2H3/t10-/m0/s1. The van der Waals surface area contributed by atoms with Crippen molar-refractivity contribution in [1.82, 2.24) is 4.90 Å². The Hall–Kier alpha value is -1.55. The molecule has 0 bridgehead atoms. The lowest BCUT2D eigenvalue weighted by molar-refractivity contribution is 0.0761. The first-order valence-electron chi connectivity index (χ1n) is 5.74. The lowest BCUT2D eigenvalue weighted by atomic mass is 10.1. The third-order valence-corrected chi connectivity index (χ3v) is 3.04. The monoisotopic (exact) mass is 235 g/mol. The molecule has 4 heteroatoms. The molecule has 0 radical (unpaired) electrons. The minimum absolute atomic E-state index is 0.0675. The smallest absolute Gasteiger partial charge is 0.257 e. The molecule has 1 aromatic carbocycles. The van der Waals surface area contributed by atoms with E-state index in [-0.39, 0.29) is 5.91 Å². The zero-order valence-electron chi connectivity index (χ0n) is 10.1. The molecule has 0 spiro atoms. The number of carbonyl (C=O) groups is 1. The summed E-state index contributed by atoms with van der Waals surface area (Å²) in [7, 11) is 1.56. The molecule has 92 valence electrons. The van der Waals surface area contributed by atoms with Crippen molar-refractivity contribution in [1.29, 1.82) is 0 Å².